The van der Waals surface area contributed by atoms with Gasteiger partial charge in [0.1, 0.15) is 11.9 Å². The Labute approximate surface area is 132 Å². The van der Waals surface area contributed by atoms with Gasteiger partial charge in [0, 0.05) is 12.8 Å². The lowest BCUT2D eigenvalue weighted by Crippen LogP contribution is -2.15. The first-order chi connectivity index (χ1) is 10.8. The van der Waals surface area contributed by atoms with Crippen LogP contribution < -0.4 is 5.32 Å². The Morgan fingerprint density at radius 1 is 1.45 bits per heavy atom. The third-order valence-electron chi connectivity index (χ3n) is 3.37. The number of rotatable bonds is 4. The second kappa shape index (κ2) is 6.73. The molecule has 114 valence electrons. The zero-order chi connectivity index (χ0) is 15.4. The van der Waals surface area contributed by atoms with Gasteiger partial charge in [0.05, 0.1) is 29.7 Å². The van der Waals surface area contributed by atoms with Crippen LogP contribution in [0, 0.1) is 11.3 Å². The third kappa shape index (κ3) is 3.35. The summed E-state index contributed by atoms with van der Waals surface area (Å²) in [5.41, 5.74) is 0.410. The number of nitrogens with one attached hydrogen (secondary N) is 1. The molecule has 1 saturated heterocycles. The molecule has 0 spiro atoms. The topological polar surface area (TPSA) is 96.9 Å². The van der Waals surface area contributed by atoms with Gasteiger partial charge in [-0.05, 0) is 18.9 Å². The molecule has 1 N–H and O–H groups in total. The SMILES string of the molecule is N#Cc1cnc(NCc2nnc(C3CCCOC3)o2)c(Cl)c1. The van der Waals surface area contributed by atoms with Crippen molar-refractivity contribution in [2.75, 3.05) is 18.5 Å². The molecule has 0 aliphatic carbocycles. The molecule has 8 heteroatoms. The zero-order valence-corrected chi connectivity index (χ0v) is 12.5. The molecule has 1 atom stereocenters. The van der Waals surface area contributed by atoms with E-state index in [-0.39, 0.29) is 5.92 Å². The Morgan fingerprint density at radius 2 is 2.36 bits per heavy atom. The average Bonchev–Trinajstić information content (AvgIpc) is 3.03. The number of nitriles is 1. The van der Waals surface area contributed by atoms with Crippen LogP contribution in [0.15, 0.2) is 16.7 Å². The first-order valence-electron chi connectivity index (χ1n) is 6.96. The number of halogens is 1. The fourth-order valence-corrected chi connectivity index (χ4v) is 2.46. The minimum Gasteiger partial charge on any atom is -0.423 e. The van der Waals surface area contributed by atoms with Crippen molar-refractivity contribution in [2.45, 2.75) is 25.3 Å². The molecule has 2 aromatic heterocycles. The van der Waals surface area contributed by atoms with Crippen LogP contribution in [0.25, 0.3) is 0 Å². The van der Waals surface area contributed by atoms with Crippen LogP contribution in [0.5, 0.6) is 0 Å². The second-order valence-corrected chi connectivity index (χ2v) is 5.38. The van der Waals surface area contributed by atoms with Gasteiger partial charge >= 0.3 is 0 Å². The molecule has 0 amide bonds. The van der Waals surface area contributed by atoms with Crippen LogP contribution in [0.1, 0.15) is 36.1 Å². The Kier molecular flexibility index (Phi) is 4.51. The highest BCUT2D eigenvalue weighted by molar-refractivity contribution is 6.33. The quantitative estimate of drug-likeness (QED) is 0.924. The molecule has 3 rings (SSSR count). The van der Waals surface area contributed by atoms with Gasteiger partial charge in [0.15, 0.2) is 0 Å². The van der Waals surface area contributed by atoms with E-state index in [1.54, 1.807) is 6.07 Å². The lowest BCUT2D eigenvalue weighted by Gasteiger charge is -2.18. The molecule has 22 heavy (non-hydrogen) atoms. The van der Waals surface area contributed by atoms with Crippen molar-refractivity contribution < 1.29 is 9.15 Å². The predicted molar refractivity (Wildman–Crippen MR) is 78.4 cm³/mol. The largest absolute Gasteiger partial charge is 0.423 e. The molecule has 1 aliphatic heterocycles. The van der Waals surface area contributed by atoms with E-state index in [1.165, 1.54) is 6.20 Å². The van der Waals surface area contributed by atoms with Crippen LogP contribution >= 0.6 is 11.6 Å². The number of pyridine rings is 1. The zero-order valence-electron chi connectivity index (χ0n) is 11.8. The standard InChI is InChI=1S/C14H14ClN5O2/c15-11-4-9(5-16)6-17-13(11)18-7-12-19-20-14(22-12)10-2-1-3-21-8-10/h4,6,10H,1-3,7-8H2,(H,17,18). The number of aromatic nitrogens is 3. The Bertz CT molecular complexity index is 691. The molecule has 1 aliphatic rings. The van der Waals surface area contributed by atoms with E-state index in [2.05, 4.69) is 20.5 Å². The molecule has 1 unspecified atom stereocenters. The average molecular weight is 320 g/mol. The summed E-state index contributed by atoms with van der Waals surface area (Å²) in [6.07, 6.45) is 3.45. The molecule has 3 heterocycles. The van der Waals surface area contributed by atoms with Crippen molar-refractivity contribution in [1.82, 2.24) is 15.2 Å². The summed E-state index contributed by atoms with van der Waals surface area (Å²) in [5, 5.41) is 20.2. The summed E-state index contributed by atoms with van der Waals surface area (Å²) in [5.74, 6) is 1.71. The van der Waals surface area contributed by atoms with E-state index in [1.807, 2.05) is 6.07 Å². The molecular formula is C14H14ClN5O2. The summed E-state index contributed by atoms with van der Waals surface area (Å²) < 4.78 is 11.1. The van der Waals surface area contributed by atoms with Crippen LogP contribution in [0.4, 0.5) is 5.82 Å². The monoisotopic (exact) mass is 319 g/mol. The van der Waals surface area contributed by atoms with E-state index in [4.69, 9.17) is 26.0 Å². The first kappa shape index (κ1) is 14.8. The summed E-state index contributed by atoms with van der Waals surface area (Å²) >= 11 is 6.04. The molecular weight excluding hydrogens is 306 g/mol. The summed E-state index contributed by atoms with van der Waals surface area (Å²) in [6.45, 7) is 1.74. The van der Waals surface area contributed by atoms with Crippen molar-refractivity contribution in [3.8, 4) is 6.07 Å². The van der Waals surface area contributed by atoms with Crippen molar-refractivity contribution in [2.24, 2.45) is 0 Å². The van der Waals surface area contributed by atoms with Crippen molar-refractivity contribution in [3.05, 3.63) is 34.6 Å². The number of ether oxygens (including phenoxy) is 1. The number of hydrogen-bond donors (Lipinski definition) is 1. The maximum absolute atomic E-state index is 8.77. The van der Waals surface area contributed by atoms with Gasteiger partial charge in [-0.1, -0.05) is 11.6 Å². The predicted octanol–water partition coefficient (Wildman–Crippen LogP) is 2.50. The number of nitrogens with zero attached hydrogens (tertiary/aromatic N) is 4. The summed E-state index contributed by atoms with van der Waals surface area (Å²) in [6, 6.07) is 3.53. The Hall–Kier alpha value is -2.17. The van der Waals surface area contributed by atoms with Gasteiger partial charge in [-0.25, -0.2) is 4.98 Å². The van der Waals surface area contributed by atoms with Crippen molar-refractivity contribution in [1.29, 1.82) is 5.26 Å². The van der Waals surface area contributed by atoms with E-state index in [9.17, 15) is 0 Å². The van der Waals surface area contributed by atoms with Gasteiger partial charge in [-0.15, -0.1) is 10.2 Å². The van der Waals surface area contributed by atoms with Gasteiger partial charge in [-0.2, -0.15) is 5.26 Å². The lowest BCUT2D eigenvalue weighted by molar-refractivity contribution is 0.0722. The highest BCUT2D eigenvalue weighted by Gasteiger charge is 2.21. The van der Waals surface area contributed by atoms with Crippen LogP contribution in [0.2, 0.25) is 5.02 Å². The van der Waals surface area contributed by atoms with Crippen LogP contribution in [-0.2, 0) is 11.3 Å². The molecule has 0 bridgehead atoms. The molecule has 0 aromatic carbocycles. The first-order valence-corrected chi connectivity index (χ1v) is 7.33. The van der Waals surface area contributed by atoms with Gasteiger partial charge < -0.3 is 14.5 Å². The molecule has 0 radical (unpaired) electrons. The van der Waals surface area contributed by atoms with E-state index >= 15 is 0 Å². The fourth-order valence-electron chi connectivity index (χ4n) is 2.23. The smallest absolute Gasteiger partial charge is 0.235 e. The van der Waals surface area contributed by atoms with E-state index < -0.39 is 0 Å². The molecule has 0 saturated carbocycles. The minimum atomic E-state index is 0.173. The van der Waals surface area contributed by atoms with Crippen LogP contribution in [-0.4, -0.2) is 28.4 Å². The van der Waals surface area contributed by atoms with E-state index in [0.29, 0.717) is 41.3 Å². The van der Waals surface area contributed by atoms with Crippen molar-refractivity contribution >= 4 is 17.4 Å². The second-order valence-electron chi connectivity index (χ2n) is 4.97. The highest BCUT2D eigenvalue weighted by atomic mass is 35.5. The molecule has 1 fully saturated rings. The van der Waals surface area contributed by atoms with Gasteiger partial charge in [-0.3, -0.25) is 0 Å². The highest BCUT2D eigenvalue weighted by Crippen LogP contribution is 2.25. The van der Waals surface area contributed by atoms with Crippen molar-refractivity contribution in [3.63, 3.8) is 0 Å². The molecule has 7 nitrogen and oxygen atoms in total. The van der Waals surface area contributed by atoms with Gasteiger partial charge in [0.2, 0.25) is 11.8 Å². The summed E-state index contributed by atoms with van der Waals surface area (Å²) in [4.78, 5) is 4.09. The number of anilines is 1. The maximum Gasteiger partial charge on any atom is 0.235 e. The third-order valence-corrected chi connectivity index (χ3v) is 3.66. The Morgan fingerprint density at radius 3 is 3.09 bits per heavy atom. The molecule has 2 aromatic rings. The van der Waals surface area contributed by atoms with Gasteiger partial charge in [0.25, 0.3) is 0 Å². The summed E-state index contributed by atoms with van der Waals surface area (Å²) in [7, 11) is 0. The normalized spacial score (nSPS) is 17.9. The lowest BCUT2D eigenvalue weighted by atomic mass is 10.0. The maximum atomic E-state index is 8.77. The minimum absolute atomic E-state index is 0.173. The number of hydrogen-bond acceptors (Lipinski definition) is 7. The van der Waals surface area contributed by atoms with E-state index in [0.717, 1.165) is 19.4 Å². The van der Waals surface area contributed by atoms with Crippen LogP contribution in [0.3, 0.4) is 0 Å². The Balaban J connectivity index is 1.62. The fraction of sp³-hybridized carbons (Fsp3) is 0.429.